The fourth-order valence-corrected chi connectivity index (χ4v) is 3.73. The van der Waals surface area contributed by atoms with Crippen LogP contribution in [0.15, 0.2) is 62.5 Å². The molecule has 0 radical (unpaired) electrons. The number of phenolic OH excluding ortho intramolecular Hbond substituents is 1. The van der Waals surface area contributed by atoms with E-state index in [1.807, 2.05) is 0 Å². The normalized spacial score (nSPS) is 12.0. The summed E-state index contributed by atoms with van der Waals surface area (Å²) in [6.07, 6.45) is 0. The van der Waals surface area contributed by atoms with Crippen LogP contribution in [0.3, 0.4) is 0 Å². The van der Waals surface area contributed by atoms with Gasteiger partial charge in [-0.25, -0.2) is 5.26 Å². The molecule has 11 nitrogen and oxygen atoms in total. The Kier molecular flexibility index (Phi) is 6.40. The van der Waals surface area contributed by atoms with E-state index in [1.54, 1.807) is 24.3 Å². The molecule has 0 spiro atoms. The zero-order valence-electron chi connectivity index (χ0n) is 15.2. The Morgan fingerprint density at radius 3 is 2.53 bits per heavy atom. The molecule has 3 aromatic carbocycles. The molecule has 3 aromatic rings. The first-order valence-electron chi connectivity index (χ1n) is 8.02. The van der Waals surface area contributed by atoms with Crippen LogP contribution in [0.2, 0.25) is 0 Å². The maximum Gasteiger partial charge on any atom is 0.296 e. The second-order valence-electron chi connectivity index (χ2n) is 5.79. The number of nitrogens with zero attached hydrogens (tertiary/aromatic N) is 2. The SMILES string of the molecule is COc1ccc(N=Nc2c(SOOO)cc3cc(N)ccc3c2O)c(S(=O)(=O)O)c1. The highest BCUT2D eigenvalue weighted by molar-refractivity contribution is 7.94. The van der Waals surface area contributed by atoms with Crippen molar-refractivity contribution < 1.29 is 37.4 Å². The Labute approximate surface area is 174 Å². The number of fused-ring (bicyclic) bond motifs is 1. The van der Waals surface area contributed by atoms with Crippen LogP contribution in [0.5, 0.6) is 11.5 Å². The summed E-state index contributed by atoms with van der Waals surface area (Å²) in [4.78, 5) is -0.367. The Bertz CT molecular complexity index is 1230. The molecule has 0 aromatic heterocycles. The molecule has 5 N–H and O–H groups in total. The van der Waals surface area contributed by atoms with Gasteiger partial charge in [0.1, 0.15) is 22.0 Å². The zero-order valence-corrected chi connectivity index (χ0v) is 16.8. The molecular weight excluding hydrogens is 438 g/mol. The Balaban J connectivity index is 2.16. The number of aromatic hydroxyl groups is 1. The second-order valence-corrected chi connectivity index (χ2v) is 7.92. The highest BCUT2D eigenvalue weighted by atomic mass is 32.2. The summed E-state index contributed by atoms with van der Waals surface area (Å²) < 4.78 is 42.2. The van der Waals surface area contributed by atoms with Crippen molar-refractivity contribution in [1.29, 1.82) is 0 Å². The van der Waals surface area contributed by atoms with Crippen LogP contribution >= 0.6 is 12.0 Å². The van der Waals surface area contributed by atoms with Crippen LogP contribution in [-0.4, -0.2) is 30.4 Å². The van der Waals surface area contributed by atoms with Crippen molar-refractivity contribution in [3.8, 4) is 11.5 Å². The molecule has 0 heterocycles. The van der Waals surface area contributed by atoms with Gasteiger partial charge >= 0.3 is 0 Å². The third-order valence-electron chi connectivity index (χ3n) is 3.93. The standard InChI is InChI=1S/C17H15N3O8S2/c1-26-11-3-5-13(15(8-11)30(23,24)25)19-20-16-14(29-28-27-22)7-9-6-10(18)2-4-12(9)17(16)21/h2-8,21-22H,18H2,1H3,(H,23,24,25). The monoisotopic (exact) mass is 453 g/mol. The molecule has 30 heavy (non-hydrogen) atoms. The number of anilines is 1. The highest BCUT2D eigenvalue weighted by Gasteiger charge is 2.19. The molecule has 0 fully saturated rings. The van der Waals surface area contributed by atoms with Gasteiger partial charge < -0.3 is 15.6 Å². The Morgan fingerprint density at radius 1 is 1.10 bits per heavy atom. The third-order valence-corrected chi connectivity index (χ3v) is 5.43. The second kappa shape index (κ2) is 8.83. The van der Waals surface area contributed by atoms with E-state index >= 15 is 0 Å². The Morgan fingerprint density at radius 2 is 1.87 bits per heavy atom. The van der Waals surface area contributed by atoms with Gasteiger partial charge in [-0.05, 0) is 41.8 Å². The van der Waals surface area contributed by atoms with Crippen LogP contribution in [0, 0.1) is 0 Å². The topological polar surface area (TPSA) is 173 Å². The summed E-state index contributed by atoms with van der Waals surface area (Å²) in [5.74, 6) is -0.125. The predicted molar refractivity (Wildman–Crippen MR) is 108 cm³/mol. The minimum atomic E-state index is -4.64. The van der Waals surface area contributed by atoms with Gasteiger partial charge in [0.2, 0.25) is 0 Å². The third kappa shape index (κ3) is 4.62. The lowest BCUT2D eigenvalue weighted by molar-refractivity contribution is -0.432. The minimum Gasteiger partial charge on any atom is -0.505 e. The van der Waals surface area contributed by atoms with Crippen molar-refractivity contribution in [2.45, 2.75) is 9.79 Å². The molecule has 13 heteroatoms. The number of methoxy groups -OCH3 is 1. The summed E-state index contributed by atoms with van der Waals surface area (Å²) in [6, 6.07) is 10.0. The first kappa shape index (κ1) is 21.8. The quantitative estimate of drug-likeness (QED) is 0.101. The largest absolute Gasteiger partial charge is 0.505 e. The summed E-state index contributed by atoms with van der Waals surface area (Å²) in [5.41, 5.74) is 5.90. The molecule has 0 bridgehead atoms. The molecule has 0 saturated carbocycles. The predicted octanol–water partition coefficient (Wildman–Crippen LogP) is 4.23. The van der Waals surface area contributed by atoms with Gasteiger partial charge in [-0.15, -0.1) is 14.6 Å². The molecule has 158 valence electrons. The van der Waals surface area contributed by atoms with Gasteiger partial charge in [0.05, 0.1) is 24.0 Å². The lowest BCUT2D eigenvalue weighted by Crippen LogP contribution is -1.99. The molecule has 0 unspecified atom stereocenters. The van der Waals surface area contributed by atoms with E-state index in [-0.39, 0.29) is 27.8 Å². The molecule has 0 atom stereocenters. The number of phenols is 1. The number of rotatable bonds is 7. The van der Waals surface area contributed by atoms with Gasteiger partial charge in [0.15, 0.2) is 5.75 Å². The fraction of sp³-hybridized carbons (Fsp3) is 0.0588. The van der Waals surface area contributed by atoms with E-state index in [0.717, 1.165) is 6.07 Å². The summed E-state index contributed by atoms with van der Waals surface area (Å²) in [6.45, 7) is 0. The average molecular weight is 453 g/mol. The van der Waals surface area contributed by atoms with Crippen molar-refractivity contribution >= 4 is 50.0 Å². The van der Waals surface area contributed by atoms with E-state index in [9.17, 15) is 18.1 Å². The minimum absolute atomic E-state index is 0.105. The Hall–Kier alpha value is -2.94. The van der Waals surface area contributed by atoms with E-state index in [0.29, 0.717) is 28.5 Å². The lowest BCUT2D eigenvalue weighted by atomic mass is 10.1. The van der Waals surface area contributed by atoms with Crippen molar-refractivity contribution in [3.63, 3.8) is 0 Å². The highest BCUT2D eigenvalue weighted by Crippen LogP contribution is 2.44. The molecule has 0 aliphatic heterocycles. The number of hydrogen-bond acceptors (Lipinski definition) is 11. The van der Waals surface area contributed by atoms with Crippen LogP contribution in [-0.2, 0) is 19.5 Å². The molecule has 0 amide bonds. The van der Waals surface area contributed by atoms with Gasteiger partial charge in [-0.3, -0.25) is 4.55 Å². The van der Waals surface area contributed by atoms with Crippen LogP contribution < -0.4 is 10.5 Å². The lowest BCUT2D eigenvalue weighted by Gasteiger charge is -2.10. The van der Waals surface area contributed by atoms with Crippen LogP contribution in [0.25, 0.3) is 10.8 Å². The van der Waals surface area contributed by atoms with Crippen molar-refractivity contribution in [3.05, 3.63) is 42.5 Å². The average Bonchev–Trinajstić information content (AvgIpc) is 2.70. The number of nitrogens with two attached hydrogens (primary N) is 1. The van der Waals surface area contributed by atoms with E-state index in [4.69, 9.17) is 15.7 Å². The first-order valence-corrected chi connectivity index (χ1v) is 10.2. The van der Waals surface area contributed by atoms with Gasteiger partial charge in [-0.2, -0.15) is 8.42 Å². The van der Waals surface area contributed by atoms with Crippen LogP contribution in [0.1, 0.15) is 0 Å². The molecule has 0 aliphatic carbocycles. The molecule has 3 rings (SSSR count). The number of nitrogen functional groups attached to an aromatic ring is 1. The fourth-order valence-electron chi connectivity index (χ4n) is 2.60. The molecule has 0 saturated heterocycles. The zero-order chi connectivity index (χ0) is 21.9. The van der Waals surface area contributed by atoms with Crippen molar-refractivity contribution in [2.75, 3.05) is 12.8 Å². The smallest absolute Gasteiger partial charge is 0.296 e. The summed E-state index contributed by atoms with van der Waals surface area (Å²) in [7, 11) is -3.31. The number of hydrogen-bond donors (Lipinski definition) is 4. The van der Waals surface area contributed by atoms with E-state index in [1.165, 1.54) is 19.2 Å². The summed E-state index contributed by atoms with van der Waals surface area (Å²) >= 11 is 0.518. The molecular formula is C17H15N3O8S2. The van der Waals surface area contributed by atoms with Crippen LogP contribution in [0.4, 0.5) is 17.1 Å². The maximum atomic E-state index is 11.7. The maximum absolute atomic E-state index is 11.7. The first-order chi connectivity index (χ1) is 14.2. The van der Waals surface area contributed by atoms with Gasteiger partial charge in [0, 0.05) is 17.1 Å². The van der Waals surface area contributed by atoms with Gasteiger partial charge in [-0.1, -0.05) is 5.04 Å². The molecule has 0 aliphatic rings. The van der Waals surface area contributed by atoms with Crippen molar-refractivity contribution in [2.24, 2.45) is 10.2 Å². The van der Waals surface area contributed by atoms with Gasteiger partial charge in [0.25, 0.3) is 10.1 Å². The van der Waals surface area contributed by atoms with Crippen molar-refractivity contribution in [1.82, 2.24) is 0 Å². The van der Waals surface area contributed by atoms with E-state index in [2.05, 4.69) is 19.6 Å². The summed E-state index contributed by atoms with van der Waals surface area (Å²) in [5, 5.41) is 31.4. The van der Waals surface area contributed by atoms with E-state index < -0.39 is 15.0 Å². The number of benzene rings is 3. The number of azo groups is 1. The number of ether oxygens (including phenoxy) is 1.